The van der Waals surface area contributed by atoms with Crippen molar-refractivity contribution in [3.05, 3.63) is 34.9 Å². The number of hydrogen-bond donors (Lipinski definition) is 0. The molecule has 24 heavy (non-hydrogen) atoms. The van der Waals surface area contributed by atoms with Gasteiger partial charge in [-0.25, -0.2) is 0 Å². The number of carbonyl (C=O) groups is 2. The summed E-state index contributed by atoms with van der Waals surface area (Å²) in [6.45, 7) is 3.35. The number of halogens is 1. The van der Waals surface area contributed by atoms with Gasteiger partial charge in [0.2, 0.25) is 11.8 Å². The van der Waals surface area contributed by atoms with Crippen LogP contribution in [0.4, 0.5) is 0 Å². The van der Waals surface area contributed by atoms with Gasteiger partial charge in [-0.15, -0.1) is 0 Å². The molecule has 0 saturated carbocycles. The van der Waals surface area contributed by atoms with E-state index in [2.05, 4.69) is 4.90 Å². The second-order valence-corrected chi connectivity index (χ2v) is 6.92. The van der Waals surface area contributed by atoms with Crippen molar-refractivity contribution in [3.8, 4) is 0 Å². The number of nitrogens with zero attached hydrogens (tertiary/aromatic N) is 3. The number of rotatable bonds is 8. The van der Waals surface area contributed by atoms with Gasteiger partial charge in [-0.3, -0.25) is 9.59 Å². The van der Waals surface area contributed by atoms with Gasteiger partial charge in [0, 0.05) is 50.6 Å². The molecule has 1 aromatic rings. The molecule has 132 valence electrons. The predicted octanol–water partition coefficient (Wildman–Crippen LogP) is 2.24. The molecule has 0 N–H and O–H groups in total. The lowest BCUT2D eigenvalue weighted by Crippen LogP contribution is -2.38. The summed E-state index contributed by atoms with van der Waals surface area (Å²) >= 11 is 5.92. The van der Waals surface area contributed by atoms with E-state index in [4.69, 9.17) is 11.6 Å². The van der Waals surface area contributed by atoms with E-state index in [1.54, 1.807) is 4.90 Å². The van der Waals surface area contributed by atoms with Crippen molar-refractivity contribution < 1.29 is 9.59 Å². The van der Waals surface area contributed by atoms with Gasteiger partial charge in [0.05, 0.1) is 0 Å². The molecule has 6 heteroatoms. The largest absolute Gasteiger partial charge is 0.342 e. The van der Waals surface area contributed by atoms with Crippen LogP contribution in [0.15, 0.2) is 24.3 Å². The first-order valence-corrected chi connectivity index (χ1v) is 8.78. The molecule has 0 radical (unpaired) electrons. The number of benzene rings is 1. The van der Waals surface area contributed by atoms with Crippen LogP contribution in [0.1, 0.15) is 24.8 Å². The second kappa shape index (κ2) is 9.04. The van der Waals surface area contributed by atoms with Crippen LogP contribution in [0.25, 0.3) is 0 Å². The fourth-order valence-electron chi connectivity index (χ4n) is 2.75. The van der Waals surface area contributed by atoms with Crippen molar-refractivity contribution in [1.82, 2.24) is 14.7 Å². The van der Waals surface area contributed by atoms with Gasteiger partial charge in [0.25, 0.3) is 0 Å². The molecule has 2 rings (SSSR count). The van der Waals surface area contributed by atoms with Crippen LogP contribution in [0.2, 0.25) is 5.02 Å². The summed E-state index contributed by atoms with van der Waals surface area (Å²) < 4.78 is 0. The minimum absolute atomic E-state index is 0.0894. The predicted molar refractivity (Wildman–Crippen MR) is 95.9 cm³/mol. The molecule has 0 atom stereocenters. The zero-order valence-electron chi connectivity index (χ0n) is 14.5. The molecule has 2 amide bonds. The molecule has 1 aliphatic heterocycles. The summed E-state index contributed by atoms with van der Waals surface area (Å²) in [7, 11) is 3.99. The Morgan fingerprint density at radius 3 is 2.50 bits per heavy atom. The average Bonchev–Trinajstić information content (AvgIpc) is 2.96. The Kier molecular flexibility index (Phi) is 7.06. The first kappa shape index (κ1) is 18.7. The maximum absolute atomic E-state index is 12.6. The van der Waals surface area contributed by atoms with Crippen molar-refractivity contribution in [2.75, 3.05) is 40.3 Å². The number of likely N-dealkylation sites (tertiary alicyclic amines) is 1. The standard InChI is InChI=1S/C18H26ClN3O2/c1-20(2)12-13-22(14-15-5-7-16(19)8-6-15)18(24)9-11-21-10-3-4-17(21)23/h5-8H,3-4,9-14H2,1-2H3. The Bertz CT molecular complexity index is 560. The Hall–Kier alpha value is -1.59. The molecule has 1 fully saturated rings. The van der Waals surface area contributed by atoms with Crippen LogP contribution >= 0.6 is 11.6 Å². The first-order chi connectivity index (χ1) is 11.5. The molecule has 1 heterocycles. The quantitative estimate of drug-likeness (QED) is 0.721. The fourth-order valence-corrected chi connectivity index (χ4v) is 2.88. The van der Waals surface area contributed by atoms with Gasteiger partial charge in [0.15, 0.2) is 0 Å². The van der Waals surface area contributed by atoms with Crippen LogP contribution in [0, 0.1) is 0 Å². The highest BCUT2D eigenvalue weighted by molar-refractivity contribution is 6.30. The van der Waals surface area contributed by atoms with Gasteiger partial charge in [-0.2, -0.15) is 0 Å². The van der Waals surface area contributed by atoms with Crippen LogP contribution in [0.3, 0.4) is 0 Å². The van der Waals surface area contributed by atoms with Gasteiger partial charge >= 0.3 is 0 Å². The summed E-state index contributed by atoms with van der Waals surface area (Å²) in [5, 5.41) is 0.692. The molecule has 0 bridgehead atoms. The second-order valence-electron chi connectivity index (χ2n) is 6.48. The van der Waals surface area contributed by atoms with E-state index in [9.17, 15) is 9.59 Å². The van der Waals surface area contributed by atoms with E-state index in [1.165, 1.54) is 0 Å². The highest BCUT2D eigenvalue weighted by Gasteiger charge is 2.22. The maximum atomic E-state index is 12.6. The normalized spacial score (nSPS) is 14.5. The number of amides is 2. The molecular formula is C18H26ClN3O2. The molecule has 0 aromatic heterocycles. The average molecular weight is 352 g/mol. The summed E-state index contributed by atoms with van der Waals surface area (Å²) in [4.78, 5) is 30.0. The lowest BCUT2D eigenvalue weighted by Gasteiger charge is -2.26. The molecule has 0 spiro atoms. The zero-order valence-corrected chi connectivity index (χ0v) is 15.3. The van der Waals surface area contributed by atoms with Gasteiger partial charge in [-0.05, 0) is 38.2 Å². The molecule has 5 nitrogen and oxygen atoms in total. The van der Waals surface area contributed by atoms with E-state index in [1.807, 2.05) is 43.3 Å². The molecule has 0 unspecified atom stereocenters. The summed E-state index contributed by atoms with van der Waals surface area (Å²) in [5.41, 5.74) is 1.06. The summed E-state index contributed by atoms with van der Waals surface area (Å²) in [6, 6.07) is 7.58. The van der Waals surface area contributed by atoms with Crippen LogP contribution in [0.5, 0.6) is 0 Å². The highest BCUT2D eigenvalue weighted by atomic mass is 35.5. The van der Waals surface area contributed by atoms with E-state index in [0.717, 1.165) is 25.1 Å². The van der Waals surface area contributed by atoms with Crippen molar-refractivity contribution in [3.63, 3.8) is 0 Å². The molecule has 1 saturated heterocycles. The van der Waals surface area contributed by atoms with E-state index >= 15 is 0 Å². The summed E-state index contributed by atoms with van der Waals surface area (Å²) in [6.07, 6.45) is 1.90. The van der Waals surface area contributed by atoms with Gasteiger partial charge in [-0.1, -0.05) is 23.7 Å². The topological polar surface area (TPSA) is 43.9 Å². The van der Waals surface area contributed by atoms with E-state index in [0.29, 0.717) is 37.5 Å². The van der Waals surface area contributed by atoms with Crippen LogP contribution < -0.4 is 0 Å². The number of hydrogen-bond acceptors (Lipinski definition) is 3. The molecular weight excluding hydrogens is 326 g/mol. The smallest absolute Gasteiger partial charge is 0.224 e. The van der Waals surface area contributed by atoms with Crippen molar-refractivity contribution in [2.24, 2.45) is 0 Å². The zero-order chi connectivity index (χ0) is 17.5. The van der Waals surface area contributed by atoms with E-state index in [-0.39, 0.29) is 11.8 Å². The summed E-state index contributed by atoms with van der Waals surface area (Å²) in [5.74, 6) is 0.256. The van der Waals surface area contributed by atoms with Crippen molar-refractivity contribution in [1.29, 1.82) is 0 Å². The first-order valence-electron chi connectivity index (χ1n) is 8.40. The highest BCUT2D eigenvalue weighted by Crippen LogP contribution is 2.14. The Balaban J connectivity index is 1.94. The molecule has 1 aliphatic rings. The third-order valence-electron chi connectivity index (χ3n) is 4.22. The number of likely N-dealkylation sites (N-methyl/N-ethyl adjacent to an activating group) is 1. The van der Waals surface area contributed by atoms with Crippen LogP contribution in [-0.4, -0.2) is 66.8 Å². The molecule has 0 aliphatic carbocycles. The Morgan fingerprint density at radius 2 is 1.92 bits per heavy atom. The fraction of sp³-hybridized carbons (Fsp3) is 0.556. The van der Waals surface area contributed by atoms with Crippen molar-refractivity contribution >= 4 is 23.4 Å². The third kappa shape index (κ3) is 5.80. The SMILES string of the molecule is CN(C)CCN(Cc1ccc(Cl)cc1)C(=O)CCN1CCCC1=O. The lowest BCUT2D eigenvalue weighted by molar-refractivity contribution is -0.133. The lowest BCUT2D eigenvalue weighted by atomic mass is 10.2. The monoisotopic (exact) mass is 351 g/mol. The number of carbonyl (C=O) groups excluding carboxylic acids is 2. The van der Waals surface area contributed by atoms with Gasteiger partial charge in [0.1, 0.15) is 0 Å². The minimum atomic E-state index is 0.0894. The molecule has 1 aromatic carbocycles. The third-order valence-corrected chi connectivity index (χ3v) is 4.48. The van der Waals surface area contributed by atoms with Gasteiger partial charge < -0.3 is 14.7 Å². The Labute approximate surface area is 149 Å². The Morgan fingerprint density at radius 1 is 1.21 bits per heavy atom. The van der Waals surface area contributed by atoms with E-state index < -0.39 is 0 Å². The maximum Gasteiger partial charge on any atom is 0.224 e. The van der Waals surface area contributed by atoms with Crippen molar-refractivity contribution in [2.45, 2.75) is 25.8 Å². The van der Waals surface area contributed by atoms with Crippen LogP contribution in [-0.2, 0) is 16.1 Å². The minimum Gasteiger partial charge on any atom is -0.342 e.